The lowest BCUT2D eigenvalue weighted by molar-refractivity contribution is -0.127. The fourth-order valence-corrected chi connectivity index (χ4v) is 2.28. The maximum Gasteiger partial charge on any atom is 0.244 e. The van der Waals surface area contributed by atoms with Crippen LogP contribution in [0, 0.1) is 0 Å². The third-order valence-electron chi connectivity index (χ3n) is 3.50. The summed E-state index contributed by atoms with van der Waals surface area (Å²) < 4.78 is 10.3. The molecule has 128 valence electrons. The van der Waals surface area contributed by atoms with Crippen molar-refractivity contribution in [3.63, 3.8) is 0 Å². The predicted molar refractivity (Wildman–Crippen MR) is 86.8 cm³/mol. The summed E-state index contributed by atoms with van der Waals surface area (Å²) in [5.74, 6) is 0.136. The number of carbonyl (C=O) groups is 2. The molecule has 8 nitrogen and oxygen atoms in total. The van der Waals surface area contributed by atoms with Gasteiger partial charge in [0.05, 0.1) is 6.26 Å². The second-order valence-corrected chi connectivity index (χ2v) is 5.30. The van der Waals surface area contributed by atoms with Crippen molar-refractivity contribution in [2.45, 2.75) is 18.9 Å². The molecule has 0 aliphatic carbocycles. The molecule has 0 saturated carbocycles. The van der Waals surface area contributed by atoms with Crippen molar-refractivity contribution in [1.82, 2.24) is 15.5 Å². The summed E-state index contributed by atoms with van der Waals surface area (Å²) in [6, 6.07) is 11.3. The first-order valence-corrected chi connectivity index (χ1v) is 7.63. The highest BCUT2D eigenvalue weighted by atomic mass is 16.5. The molecule has 1 atom stereocenters. The number of hydrogen-bond donors (Lipinski definition) is 2. The van der Waals surface area contributed by atoms with Gasteiger partial charge in [0.25, 0.3) is 0 Å². The van der Waals surface area contributed by atoms with Gasteiger partial charge in [-0.2, -0.15) is 4.98 Å². The van der Waals surface area contributed by atoms with Gasteiger partial charge in [-0.3, -0.25) is 9.59 Å². The van der Waals surface area contributed by atoms with E-state index in [0.717, 1.165) is 0 Å². The Morgan fingerprint density at radius 1 is 1.16 bits per heavy atom. The van der Waals surface area contributed by atoms with Crippen molar-refractivity contribution in [3.05, 3.63) is 60.2 Å². The maximum atomic E-state index is 12.1. The molecule has 2 aromatic heterocycles. The van der Waals surface area contributed by atoms with Gasteiger partial charge < -0.3 is 20.0 Å². The summed E-state index contributed by atoms with van der Waals surface area (Å²) in [5, 5.41) is 6.40. The van der Waals surface area contributed by atoms with Gasteiger partial charge in [-0.25, -0.2) is 0 Å². The van der Waals surface area contributed by atoms with E-state index < -0.39 is 11.9 Å². The normalized spacial score (nSPS) is 11.8. The quantitative estimate of drug-likeness (QED) is 0.673. The third-order valence-corrected chi connectivity index (χ3v) is 3.50. The molecule has 2 heterocycles. The number of aromatic nitrogens is 2. The maximum absolute atomic E-state index is 12.1. The van der Waals surface area contributed by atoms with Crippen LogP contribution in [0.1, 0.15) is 23.9 Å². The molecular formula is C17H16N4O4. The van der Waals surface area contributed by atoms with E-state index in [9.17, 15) is 9.59 Å². The number of amides is 2. The summed E-state index contributed by atoms with van der Waals surface area (Å²) in [7, 11) is 0. The number of aryl methyl sites for hydroxylation is 1. The zero-order chi connectivity index (χ0) is 17.6. The Hall–Kier alpha value is -3.42. The van der Waals surface area contributed by atoms with Gasteiger partial charge in [-0.05, 0) is 17.7 Å². The van der Waals surface area contributed by atoms with E-state index in [-0.39, 0.29) is 18.7 Å². The Morgan fingerprint density at radius 2 is 1.96 bits per heavy atom. The second kappa shape index (κ2) is 7.43. The molecule has 0 saturated heterocycles. The fraction of sp³-hybridized carbons (Fsp3) is 0.176. The van der Waals surface area contributed by atoms with Crippen molar-refractivity contribution in [2.24, 2.45) is 5.73 Å². The van der Waals surface area contributed by atoms with Crippen LogP contribution < -0.4 is 11.1 Å². The topological polar surface area (TPSA) is 124 Å². The van der Waals surface area contributed by atoms with Gasteiger partial charge in [0.2, 0.25) is 23.5 Å². The lowest BCUT2D eigenvalue weighted by Gasteiger charge is -2.15. The Kier molecular flexibility index (Phi) is 4.89. The van der Waals surface area contributed by atoms with Crippen LogP contribution in [-0.4, -0.2) is 22.0 Å². The Morgan fingerprint density at radius 3 is 2.64 bits per heavy atom. The van der Waals surface area contributed by atoms with Gasteiger partial charge >= 0.3 is 0 Å². The number of carbonyl (C=O) groups excluding carboxylic acids is 2. The first-order chi connectivity index (χ1) is 12.1. The number of nitrogens with two attached hydrogens (primary N) is 1. The molecule has 1 aromatic carbocycles. The minimum Gasteiger partial charge on any atom is -0.461 e. The number of nitrogens with one attached hydrogen (secondary N) is 1. The summed E-state index contributed by atoms with van der Waals surface area (Å²) in [6.07, 6.45) is 1.82. The average molecular weight is 340 g/mol. The highest BCUT2D eigenvalue weighted by Crippen LogP contribution is 2.16. The zero-order valence-corrected chi connectivity index (χ0v) is 13.2. The van der Waals surface area contributed by atoms with Crippen LogP contribution in [0.5, 0.6) is 0 Å². The van der Waals surface area contributed by atoms with Crippen LogP contribution in [0.25, 0.3) is 11.6 Å². The fourth-order valence-electron chi connectivity index (χ4n) is 2.28. The third kappa shape index (κ3) is 4.11. The molecular weight excluding hydrogens is 324 g/mol. The van der Waals surface area contributed by atoms with E-state index in [4.69, 9.17) is 14.7 Å². The van der Waals surface area contributed by atoms with Crippen molar-refractivity contribution < 1.29 is 18.5 Å². The summed E-state index contributed by atoms with van der Waals surface area (Å²) in [5.41, 5.74) is 6.00. The Labute approximate surface area is 143 Å². The molecule has 3 rings (SSSR count). The molecule has 0 radical (unpaired) electrons. The predicted octanol–water partition coefficient (Wildman–Crippen LogP) is 1.60. The number of nitrogens with zero attached hydrogens (tertiary/aromatic N) is 2. The number of primary amides is 1. The lowest BCUT2D eigenvalue weighted by atomic mass is 10.1. The van der Waals surface area contributed by atoms with Crippen molar-refractivity contribution >= 4 is 11.8 Å². The summed E-state index contributed by atoms with van der Waals surface area (Å²) >= 11 is 0. The molecule has 0 spiro atoms. The average Bonchev–Trinajstić information content (AvgIpc) is 3.29. The second-order valence-electron chi connectivity index (χ2n) is 5.30. The highest BCUT2D eigenvalue weighted by molar-refractivity contribution is 5.87. The van der Waals surface area contributed by atoms with E-state index in [2.05, 4.69) is 15.5 Å². The molecule has 0 bridgehead atoms. The van der Waals surface area contributed by atoms with Crippen LogP contribution in [0.15, 0.2) is 57.7 Å². The molecule has 25 heavy (non-hydrogen) atoms. The van der Waals surface area contributed by atoms with E-state index in [1.54, 1.807) is 36.4 Å². The highest BCUT2D eigenvalue weighted by Gasteiger charge is 2.20. The van der Waals surface area contributed by atoms with E-state index in [1.807, 2.05) is 6.07 Å². The molecule has 3 aromatic rings. The number of furan rings is 1. The molecule has 3 N–H and O–H groups in total. The van der Waals surface area contributed by atoms with Crippen LogP contribution in [0.3, 0.4) is 0 Å². The van der Waals surface area contributed by atoms with Crippen molar-refractivity contribution in [3.8, 4) is 11.6 Å². The summed E-state index contributed by atoms with van der Waals surface area (Å²) in [4.78, 5) is 27.9. The minimum absolute atomic E-state index is 0.0798. The standard InChI is InChI=1S/C17H16N4O4/c18-16(23)15(11-5-2-1-3-6-11)19-13(22)8-9-14-20-17(21-25-14)12-7-4-10-24-12/h1-7,10,15H,8-9H2,(H2,18,23)(H,19,22). The smallest absolute Gasteiger partial charge is 0.244 e. The van der Waals surface area contributed by atoms with Gasteiger partial charge in [0.1, 0.15) is 6.04 Å². The molecule has 0 fully saturated rings. The van der Waals surface area contributed by atoms with Crippen LogP contribution in [-0.2, 0) is 16.0 Å². The minimum atomic E-state index is -0.880. The zero-order valence-electron chi connectivity index (χ0n) is 13.2. The van der Waals surface area contributed by atoms with E-state index in [0.29, 0.717) is 23.0 Å². The Bertz CT molecular complexity index is 843. The molecule has 8 heteroatoms. The van der Waals surface area contributed by atoms with Crippen molar-refractivity contribution in [1.29, 1.82) is 0 Å². The van der Waals surface area contributed by atoms with Crippen LogP contribution >= 0.6 is 0 Å². The van der Waals surface area contributed by atoms with Gasteiger partial charge in [0, 0.05) is 12.8 Å². The largest absolute Gasteiger partial charge is 0.461 e. The van der Waals surface area contributed by atoms with E-state index >= 15 is 0 Å². The summed E-state index contributed by atoms with van der Waals surface area (Å²) in [6.45, 7) is 0. The Balaban J connectivity index is 1.58. The molecule has 1 unspecified atom stereocenters. The number of benzene rings is 1. The monoisotopic (exact) mass is 340 g/mol. The first-order valence-electron chi connectivity index (χ1n) is 7.63. The lowest BCUT2D eigenvalue weighted by Crippen LogP contribution is -2.37. The first kappa shape index (κ1) is 16.4. The van der Waals surface area contributed by atoms with Gasteiger partial charge in [0.15, 0.2) is 5.76 Å². The SMILES string of the molecule is NC(=O)C(NC(=O)CCc1nc(-c2ccco2)no1)c1ccccc1. The van der Waals surface area contributed by atoms with Crippen LogP contribution in [0.4, 0.5) is 0 Å². The molecule has 0 aliphatic rings. The van der Waals surface area contributed by atoms with Gasteiger partial charge in [-0.15, -0.1) is 0 Å². The molecule has 2 amide bonds. The molecule has 0 aliphatic heterocycles. The van der Waals surface area contributed by atoms with Gasteiger partial charge in [-0.1, -0.05) is 35.5 Å². The van der Waals surface area contributed by atoms with Crippen molar-refractivity contribution in [2.75, 3.05) is 0 Å². The van der Waals surface area contributed by atoms with Crippen LogP contribution in [0.2, 0.25) is 0 Å². The number of hydrogen-bond acceptors (Lipinski definition) is 6. The van der Waals surface area contributed by atoms with E-state index in [1.165, 1.54) is 6.26 Å². The number of rotatable bonds is 7.